The molecular formula is C15H25NO2S. The van der Waals surface area contributed by atoms with Gasteiger partial charge >= 0.3 is 0 Å². The quantitative estimate of drug-likeness (QED) is 0.775. The molecule has 0 saturated heterocycles. The number of nitrogens with one attached hydrogen (secondary N) is 1. The maximum Gasteiger partial charge on any atom is 0.175 e. The number of aryl methyl sites for hydroxylation is 1. The minimum atomic E-state index is -3.14. The van der Waals surface area contributed by atoms with Crippen LogP contribution in [0.15, 0.2) is 23.1 Å². The van der Waals surface area contributed by atoms with Crippen LogP contribution in [0, 0.1) is 6.92 Å². The summed E-state index contributed by atoms with van der Waals surface area (Å²) in [6.07, 6.45) is 6.02. The van der Waals surface area contributed by atoms with Gasteiger partial charge in [0.15, 0.2) is 9.84 Å². The van der Waals surface area contributed by atoms with Gasteiger partial charge in [-0.2, -0.15) is 0 Å². The molecule has 0 aliphatic heterocycles. The Morgan fingerprint density at radius 2 is 1.95 bits per heavy atom. The van der Waals surface area contributed by atoms with E-state index in [9.17, 15) is 8.42 Å². The molecule has 0 aliphatic carbocycles. The Kier molecular flexibility index (Phi) is 5.85. The largest absolute Gasteiger partial charge is 0.382 e. The van der Waals surface area contributed by atoms with Crippen molar-refractivity contribution in [2.45, 2.75) is 57.4 Å². The van der Waals surface area contributed by atoms with Crippen molar-refractivity contribution in [3.05, 3.63) is 23.8 Å². The fourth-order valence-corrected chi connectivity index (χ4v) is 2.67. The first-order valence-corrected chi connectivity index (χ1v) is 8.81. The van der Waals surface area contributed by atoms with Gasteiger partial charge in [-0.15, -0.1) is 0 Å². The van der Waals surface area contributed by atoms with Crippen LogP contribution >= 0.6 is 0 Å². The number of rotatable bonds is 7. The summed E-state index contributed by atoms with van der Waals surface area (Å²) < 4.78 is 23.1. The van der Waals surface area contributed by atoms with Crippen molar-refractivity contribution in [1.82, 2.24) is 0 Å². The van der Waals surface area contributed by atoms with Crippen molar-refractivity contribution < 1.29 is 8.42 Å². The van der Waals surface area contributed by atoms with Crippen LogP contribution in [0.2, 0.25) is 0 Å². The molecule has 4 heteroatoms. The average molecular weight is 283 g/mol. The van der Waals surface area contributed by atoms with Gasteiger partial charge in [-0.25, -0.2) is 8.42 Å². The molecule has 0 bridgehead atoms. The summed E-state index contributed by atoms with van der Waals surface area (Å²) in [6.45, 7) is 6.33. The lowest BCUT2D eigenvalue weighted by molar-refractivity contribution is 0.601. The van der Waals surface area contributed by atoms with Crippen LogP contribution in [0.5, 0.6) is 0 Å². The summed E-state index contributed by atoms with van der Waals surface area (Å²) in [6, 6.07) is 5.62. The lowest BCUT2D eigenvalue weighted by Gasteiger charge is -2.17. The molecule has 0 radical (unpaired) electrons. The van der Waals surface area contributed by atoms with Gasteiger partial charge in [0, 0.05) is 18.0 Å². The molecule has 108 valence electrons. The highest BCUT2D eigenvalue weighted by atomic mass is 32.2. The van der Waals surface area contributed by atoms with Crippen molar-refractivity contribution in [3.8, 4) is 0 Å². The van der Waals surface area contributed by atoms with Crippen LogP contribution in [0.1, 0.15) is 45.1 Å². The average Bonchev–Trinajstić information content (AvgIpc) is 2.31. The number of anilines is 1. The summed E-state index contributed by atoms with van der Waals surface area (Å²) in [5, 5.41) is 3.42. The van der Waals surface area contributed by atoms with E-state index in [-0.39, 0.29) is 0 Å². The maximum atomic E-state index is 11.6. The zero-order valence-corrected chi connectivity index (χ0v) is 13.2. The highest BCUT2D eigenvalue weighted by molar-refractivity contribution is 7.90. The number of hydrogen-bond acceptors (Lipinski definition) is 3. The van der Waals surface area contributed by atoms with Crippen LogP contribution in [0.3, 0.4) is 0 Å². The van der Waals surface area contributed by atoms with Gasteiger partial charge in [-0.3, -0.25) is 0 Å². The van der Waals surface area contributed by atoms with E-state index in [1.54, 1.807) is 12.1 Å². The van der Waals surface area contributed by atoms with E-state index in [1.165, 1.54) is 25.5 Å². The van der Waals surface area contributed by atoms with E-state index >= 15 is 0 Å². The lowest BCUT2D eigenvalue weighted by atomic mass is 10.1. The molecular weight excluding hydrogens is 258 g/mol. The van der Waals surface area contributed by atoms with Gasteiger partial charge in [-0.05, 0) is 38.0 Å². The standard InChI is InChI=1S/C15H25NO2S/c1-5-6-7-8-13(3)16-15-11-14(19(4,17)18)10-9-12(15)2/h9-11,13,16H,5-8H2,1-4H3. The first-order valence-electron chi connectivity index (χ1n) is 6.92. The van der Waals surface area contributed by atoms with Gasteiger partial charge in [-0.1, -0.05) is 32.3 Å². The molecule has 1 aromatic rings. The monoisotopic (exact) mass is 283 g/mol. The van der Waals surface area contributed by atoms with Gasteiger partial charge in [0.2, 0.25) is 0 Å². The molecule has 1 atom stereocenters. The molecule has 19 heavy (non-hydrogen) atoms. The molecule has 1 rings (SSSR count). The molecule has 0 fully saturated rings. The summed E-state index contributed by atoms with van der Waals surface area (Å²) in [5.74, 6) is 0. The second-order valence-electron chi connectivity index (χ2n) is 5.29. The molecule has 0 aliphatic rings. The highest BCUT2D eigenvalue weighted by Gasteiger charge is 2.10. The molecule has 0 saturated carbocycles. The highest BCUT2D eigenvalue weighted by Crippen LogP contribution is 2.21. The molecule has 1 N–H and O–H groups in total. The third-order valence-corrected chi connectivity index (χ3v) is 4.39. The second kappa shape index (κ2) is 6.94. The zero-order valence-electron chi connectivity index (χ0n) is 12.4. The fraction of sp³-hybridized carbons (Fsp3) is 0.600. The second-order valence-corrected chi connectivity index (χ2v) is 7.31. The first kappa shape index (κ1) is 16.0. The Labute approximate surface area is 117 Å². The Hall–Kier alpha value is -1.03. The molecule has 1 unspecified atom stereocenters. The van der Waals surface area contributed by atoms with Crippen LogP contribution in [-0.2, 0) is 9.84 Å². The van der Waals surface area contributed by atoms with Gasteiger partial charge in [0.25, 0.3) is 0 Å². The van der Waals surface area contributed by atoms with Gasteiger partial charge < -0.3 is 5.32 Å². The number of sulfone groups is 1. The minimum Gasteiger partial charge on any atom is -0.382 e. The Morgan fingerprint density at radius 3 is 2.53 bits per heavy atom. The Bertz CT molecular complexity index is 509. The van der Waals surface area contributed by atoms with Crippen molar-refractivity contribution in [3.63, 3.8) is 0 Å². The van der Waals surface area contributed by atoms with Gasteiger partial charge in [0.05, 0.1) is 4.90 Å². The lowest BCUT2D eigenvalue weighted by Crippen LogP contribution is -2.16. The predicted octanol–water partition coefficient (Wildman–Crippen LogP) is 3.78. The molecule has 0 amide bonds. The van der Waals surface area contributed by atoms with Crippen LogP contribution in [0.25, 0.3) is 0 Å². The molecule has 3 nitrogen and oxygen atoms in total. The van der Waals surface area contributed by atoms with Gasteiger partial charge in [0.1, 0.15) is 0 Å². The van der Waals surface area contributed by atoms with E-state index in [2.05, 4.69) is 19.2 Å². The van der Waals surface area contributed by atoms with Crippen molar-refractivity contribution >= 4 is 15.5 Å². The molecule has 0 spiro atoms. The van der Waals surface area contributed by atoms with E-state index in [0.717, 1.165) is 17.7 Å². The summed E-state index contributed by atoms with van der Waals surface area (Å²) in [4.78, 5) is 0.376. The van der Waals surface area contributed by atoms with E-state index in [1.807, 2.05) is 13.0 Å². The number of unbranched alkanes of at least 4 members (excludes halogenated alkanes) is 2. The predicted molar refractivity (Wildman–Crippen MR) is 81.5 cm³/mol. The topological polar surface area (TPSA) is 46.2 Å². The Balaban J connectivity index is 2.77. The van der Waals surface area contributed by atoms with Crippen molar-refractivity contribution in [2.24, 2.45) is 0 Å². The minimum absolute atomic E-state index is 0.361. The van der Waals surface area contributed by atoms with Crippen LogP contribution in [0.4, 0.5) is 5.69 Å². The number of benzene rings is 1. The van der Waals surface area contributed by atoms with Crippen LogP contribution < -0.4 is 5.32 Å². The normalized spacial score (nSPS) is 13.3. The SMILES string of the molecule is CCCCCC(C)Nc1cc(S(C)(=O)=O)ccc1C. The maximum absolute atomic E-state index is 11.6. The molecule has 1 aromatic carbocycles. The summed E-state index contributed by atoms with van der Waals surface area (Å²) in [5.41, 5.74) is 2.00. The third-order valence-electron chi connectivity index (χ3n) is 3.28. The summed E-state index contributed by atoms with van der Waals surface area (Å²) in [7, 11) is -3.14. The summed E-state index contributed by atoms with van der Waals surface area (Å²) >= 11 is 0. The Morgan fingerprint density at radius 1 is 1.26 bits per heavy atom. The fourth-order valence-electron chi connectivity index (χ4n) is 2.03. The molecule has 0 heterocycles. The third kappa shape index (κ3) is 5.23. The number of hydrogen-bond donors (Lipinski definition) is 1. The smallest absolute Gasteiger partial charge is 0.175 e. The zero-order chi connectivity index (χ0) is 14.5. The van der Waals surface area contributed by atoms with Crippen molar-refractivity contribution in [2.75, 3.05) is 11.6 Å². The first-order chi connectivity index (χ1) is 8.84. The van der Waals surface area contributed by atoms with Crippen LogP contribution in [-0.4, -0.2) is 20.7 Å². The van der Waals surface area contributed by atoms with E-state index in [4.69, 9.17) is 0 Å². The van der Waals surface area contributed by atoms with E-state index < -0.39 is 9.84 Å². The van der Waals surface area contributed by atoms with E-state index in [0.29, 0.717) is 10.9 Å². The molecule has 0 aromatic heterocycles. The van der Waals surface area contributed by atoms with Crippen molar-refractivity contribution in [1.29, 1.82) is 0 Å².